The highest BCUT2D eigenvalue weighted by atomic mass is 79.9. The van der Waals surface area contributed by atoms with Crippen molar-refractivity contribution in [2.75, 3.05) is 6.26 Å². The molecule has 0 aliphatic rings. The van der Waals surface area contributed by atoms with Crippen LogP contribution in [0.5, 0.6) is 0 Å². The van der Waals surface area contributed by atoms with Gasteiger partial charge in [0, 0.05) is 17.0 Å². The number of nitrogens with zero attached hydrogens (tertiary/aromatic N) is 2. The van der Waals surface area contributed by atoms with Gasteiger partial charge in [0.05, 0.1) is 10.7 Å². The van der Waals surface area contributed by atoms with Crippen LogP contribution in [0.2, 0.25) is 0 Å². The van der Waals surface area contributed by atoms with Gasteiger partial charge in [-0.25, -0.2) is 0 Å². The number of carbonyl (C=O) groups excluding carboxylic acids is 1. The smallest absolute Gasteiger partial charge is 0.213 e. The van der Waals surface area contributed by atoms with Crippen LogP contribution in [0.3, 0.4) is 0 Å². The Morgan fingerprint density at radius 2 is 2.16 bits per heavy atom. The van der Waals surface area contributed by atoms with Crippen molar-refractivity contribution in [3.05, 3.63) is 46.2 Å². The van der Waals surface area contributed by atoms with Gasteiger partial charge < -0.3 is 0 Å². The van der Waals surface area contributed by atoms with Gasteiger partial charge in [-0.05, 0) is 40.7 Å². The number of rotatable bonds is 5. The minimum atomic E-state index is 0.0165. The summed E-state index contributed by atoms with van der Waals surface area (Å²) in [5.74, 6) is 0.0165. The van der Waals surface area contributed by atoms with Gasteiger partial charge in [-0.2, -0.15) is 5.10 Å². The van der Waals surface area contributed by atoms with E-state index in [-0.39, 0.29) is 5.78 Å². The van der Waals surface area contributed by atoms with E-state index in [1.165, 1.54) is 0 Å². The molecule has 19 heavy (non-hydrogen) atoms. The molecule has 5 heteroatoms. The topological polar surface area (TPSA) is 34.9 Å². The van der Waals surface area contributed by atoms with E-state index < -0.39 is 0 Å². The van der Waals surface area contributed by atoms with E-state index in [2.05, 4.69) is 28.0 Å². The molecule has 1 aromatic heterocycles. The molecule has 0 radical (unpaired) electrons. The first-order valence-corrected chi connectivity index (χ1v) is 8.09. The van der Waals surface area contributed by atoms with Gasteiger partial charge in [-0.1, -0.05) is 19.1 Å². The summed E-state index contributed by atoms with van der Waals surface area (Å²) < 4.78 is 2.52. The average molecular weight is 339 g/mol. The quantitative estimate of drug-likeness (QED) is 0.610. The average Bonchev–Trinajstić information content (AvgIpc) is 2.79. The molecule has 1 heterocycles. The van der Waals surface area contributed by atoms with Gasteiger partial charge in [0.1, 0.15) is 5.69 Å². The minimum absolute atomic E-state index is 0.0165. The largest absolute Gasteiger partial charge is 0.287 e. The number of ketones is 1. The molecular weight excluding hydrogens is 324 g/mol. The van der Waals surface area contributed by atoms with Crippen molar-refractivity contribution in [2.45, 2.75) is 24.8 Å². The van der Waals surface area contributed by atoms with Crippen molar-refractivity contribution >= 4 is 33.5 Å². The van der Waals surface area contributed by atoms with E-state index in [1.54, 1.807) is 22.6 Å². The third kappa shape index (κ3) is 2.92. The number of thioether (sulfide) groups is 1. The predicted octanol–water partition coefficient (Wildman–Crippen LogP) is 4.01. The fraction of sp³-hybridized carbons (Fsp3) is 0.286. The molecule has 100 valence electrons. The Kier molecular flexibility index (Phi) is 4.82. The Morgan fingerprint density at radius 3 is 2.84 bits per heavy atom. The van der Waals surface area contributed by atoms with Crippen molar-refractivity contribution in [1.82, 2.24) is 9.78 Å². The van der Waals surface area contributed by atoms with Crippen LogP contribution in [0.4, 0.5) is 0 Å². The zero-order chi connectivity index (χ0) is 13.8. The summed E-state index contributed by atoms with van der Waals surface area (Å²) in [6.07, 6.45) is 4.60. The van der Waals surface area contributed by atoms with E-state index in [0.717, 1.165) is 27.9 Å². The van der Waals surface area contributed by atoms with Crippen molar-refractivity contribution < 1.29 is 4.79 Å². The summed E-state index contributed by atoms with van der Waals surface area (Å²) >= 11 is 5.00. The Balaban J connectivity index is 2.47. The Bertz CT molecular complexity index is 595. The number of benzene rings is 1. The first-order valence-electron chi connectivity index (χ1n) is 6.08. The summed E-state index contributed by atoms with van der Waals surface area (Å²) in [5.41, 5.74) is 1.36. The standard InChI is InChI=1S/C14H15BrN2OS/c1-3-8-17-13(11(15)9-16-17)14(18)10-6-4-5-7-12(10)19-2/h4-7,9H,3,8H2,1-2H3. The molecule has 0 amide bonds. The zero-order valence-corrected chi connectivity index (χ0v) is 13.3. The maximum absolute atomic E-state index is 12.7. The highest BCUT2D eigenvalue weighted by Crippen LogP contribution is 2.26. The first-order chi connectivity index (χ1) is 9.19. The molecule has 2 aromatic rings. The molecule has 0 atom stereocenters. The van der Waals surface area contributed by atoms with Crippen LogP contribution in [-0.4, -0.2) is 21.8 Å². The summed E-state index contributed by atoms with van der Waals surface area (Å²) in [4.78, 5) is 13.7. The number of aryl methyl sites for hydroxylation is 1. The monoisotopic (exact) mass is 338 g/mol. The number of hydrogen-bond acceptors (Lipinski definition) is 3. The molecule has 1 aromatic carbocycles. The van der Waals surface area contributed by atoms with Crippen LogP contribution in [-0.2, 0) is 6.54 Å². The molecule has 0 N–H and O–H groups in total. The van der Waals surface area contributed by atoms with Crippen LogP contribution in [0.25, 0.3) is 0 Å². The maximum Gasteiger partial charge on any atom is 0.213 e. The predicted molar refractivity (Wildman–Crippen MR) is 81.9 cm³/mol. The molecule has 0 aliphatic heterocycles. The van der Waals surface area contributed by atoms with Gasteiger partial charge in [-0.15, -0.1) is 11.8 Å². The lowest BCUT2D eigenvalue weighted by Crippen LogP contribution is -2.12. The third-order valence-corrected chi connectivity index (χ3v) is 4.17. The molecule has 0 saturated heterocycles. The first kappa shape index (κ1) is 14.3. The number of aromatic nitrogens is 2. The second kappa shape index (κ2) is 6.39. The molecule has 0 unspecified atom stereocenters. The summed E-state index contributed by atoms with van der Waals surface area (Å²) in [6.45, 7) is 2.81. The van der Waals surface area contributed by atoms with Crippen molar-refractivity contribution in [2.24, 2.45) is 0 Å². The van der Waals surface area contributed by atoms with Gasteiger partial charge in [0.15, 0.2) is 0 Å². The molecule has 0 aliphatic carbocycles. The fourth-order valence-electron chi connectivity index (χ4n) is 1.93. The Hall–Kier alpha value is -1.07. The van der Waals surface area contributed by atoms with Gasteiger partial charge in [0.25, 0.3) is 0 Å². The normalized spacial score (nSPS) is 10.7. The summed E-state index contributed by atoms with van der Waals surface area (Å²) in [5, 5.41) is 4.25. The number of hydrogen-bond donors (Lipinski definition) is 0. The van der Waals surface area contributed by atoms with Crippen LogP contribution >= 0.6 is 27.7 Å². The van der Waals surface area contributed by atoms with E-state index in [9.17, 15) is 4.79 Å². The molecule has 3 nitrogen and oxygen atoms in total. The molecular formula is C14H15BrN2OS. The lowest BCUT2D eigenvalue weighted by molar-refractivity contribution is 0.102. The van der Waals surface area contributed by atoms with Crippen LogP contribution in [0.1, 0.15) is 29.4 Å². The Labute approximate surface area is 125 Å². The van der Waals surface area contributed by atoms with Crippen molar-refractivity contribution in [1.29, 1.82) is 0 Å². The highest BCUT2D eigenvalue weighted by Gasteiger charge is 2.20. The SMILES string of the molecule is CCCn1ncc(Br)c1C(=O)c1ccccc1SC. The van der Waals surface area contributed by atoms with Crippen molar-refractivity contribution in [3.8, 4) is 0 Å². The molecule has 0 bridgehead atoms. The molecule has 0 spiro atoms. The van der Waals surface area contributed by atoms with Gasteiger partial charge >= 0.3 is 0 Å². The van der Waals surface area contributed by atoms with Gasteiger partial charge in [0.2, 0.25) is 5.78 Å². The molecule has 0 fully saturated rings. The summed E-state index contributed by atoms with van der Waals surface area (Å²) in [6, 6.07) is 7.67. The Morgan fingerprint density at radius 1 is 1.42 bits per heavy atom. The van der Waals surface area contributed by atoms with Crippen molar-refractivity contribution in [3.63, 3.8) is 0 Å². The lowest BCUT2D eigenvalue weighted by atomic mass is 10.1. The molecule has 0 saturated carbocycles. The van der Waals surface area contributed by atoms with E-state index in [4.69, 9.17) is 0 Å². The third-order valence-electron chi connectivity index (χ3n) is 2.80. The minimum Gasteiger partial charge on any atom is -0.287 e. The van der Waals surface area contributed by atoms with E-state index in [1.807, 2.05) is 30.5 Å². The van der Waals surface area contributed by atoms with Gasteiger partial charge in [-0.3, -0.25) is 9.48 Å². The second-order valence-electron chi connectivity index (χ2n) is 4.09. The summed E-state index contributed by atoms with van der Waals surface area (Å²) in [7, 11) is 0. The maximum atomic E-state index is 12.7. The van der Waals surface area contributed by atoms with Crippen LogP contribution < -0.4 is 0 Å². The fourth-order valence-corrected chi connectivity index (χ4v) is 3.00. The zero-order valence-electron chi connectivity index (χ0n) is 10.9. The highest BCUT2D eigenvalue weighted by molar-refractivity contribution is 9.10. The van der Waals surface area contributed by atoms with Crippen LogP contribution in [0.15, 0.2) is 39.8 Å². The van der Waals surface area contributed by atoms with E-state index >= 15 is 0 Å². The van der Waals surface area contributed by atoms with Crippen LogP contribution in [0, 0.1) is 0 Å². The number of carbonyl (C=O) groups is 1. The lowest BCUT2D eigenvalue weighted by Gasteiger charge is -2.09. The number of halogens is 1. The van der Waals surface area contributed by atoms with E-state index in [0.29, 0.717) is 5.69 Å². The second-order valence-corrected chi connectivity index (χ2v) is 5.80. The molecule has 2 rings (SSSR count).